The Labute approximate surface area is 243 Å². The lowest BCUT2D eigenvalue weighted by atomic mass is 10.1. The second-order valence-corrected chi connectivity index (χ2v) is 12.7. The van der Waals surface area contributed by atoms with E-state index in [1.807, 2.05) is 0 Å². The van der Waals surface area contributed by atoms with Crippen LogP contribution in [0.1, 0.15) is 38.8 Å². The molecule has 1 N–H and O–H groups in total. The zero-order valence-electron chi connectivity index (χ0n) is 22.9. The Morgan fingerprint density at radius 2 is 1.49 bits per heavy atom. The number of carbonyl (C=O) groups excluding carboxylic acids is 2. The summed E-state index contributed by atoms with van der Waals surface area (Å²) in [6, 6.07) is 17.4. The number of hydrogen-bond acceptors (Lipinski definition) is 4. The molecule has 0 spiro atoms. The predicted octanol–water partition coefficient (Wildman–Crippen LogP) is 5.89. The van der Waals surface area contributed by atoms with E-state index in [0.717, 1.165) is 12.1 Å². The number of carbonyl (C=O) groups is 2. The molecule has 220 valence electrons. The molecule has 0 aliphatic heterocycles. The maximum atomic E-state index is 13.9. The molecule has 3 aromatic carbocycles. The molecule has 7 nitrogen and oxygen atoms in total. The van der Waals surface area contributed by atoms with Crippen LogP contribution in [0, 0.1) is 0 Å². The van der Waals surface area contributed by atoms with E-state index in [-0.39, 0.29) is 11.4 Å². The summed E-state index contributed by atoms with van der Waals surface area (Å²) in [7, 11) is -4.53. The van der Waals surface area contributed by atoms with Crippen molar-refractivity contribution in [2.45, 2.75) is 56.9 Å². The van der Waals surface area contributed by atoms with E-state index in [9.17, 15) is 31.2 Å². The van der Waals surface area contributed by atoms with Gasteiger partial charge in [0.05, 0.1) is 21.2 Å². The second-order valence-electron chi connectivity index (χ2n) is 10.4. The molecule has 12 heteroatoms. The molecule has 3 aromatic rings. The minimum absolute atomic E-state index is 0.0496. The standard InChI is InChI=1S/C29H31ClF3N3O4S/c1-20(27(38)34-28(2,3)4)35(18-21-11-7-5-8-12-21)26(37)19-36(41(39,40)23-13-9-6-10-14-23)22-15-16-25(30)24(17-22)29(31,32)33/h5-17,20H,18-19H2,1-4H3,(H,34,38)/t20-/m0/s1. The molecule has 0 bridgehead atoms. The van der Waals surface area contributed by atoms with Gasteiger partial charge in [0.25, 0.3) is 10.0 Å². The Morgan fingerprint density at radius 3 is 2.02 bits per heavy atom. The van der Waals surface area contributed by atoms with Crippen molar-refractivity contribution < 1.29 is 31.2 Å². The lowest BCUT2D eigenvalue weighted by Gasteiger charge is -2.33. The molecule has 41 heavy (non-hydrogen) atoms. The van der Waals surface area contributed by atoms with Crippen LogP contribution >= 0.6 is 11.6 Å². The van der Waals surface area contributed by atoms with Gasteiger partial charge in [0.1, 0.15) is 12.6 Å². The van der Waals surface area contributed by atoms with Gasteiger partial charge in [-0.05, 0) is 63.6 Å². The summed E-state index contributed by atoms with van der Waals surface area (Å²) in [5.74, 6) is -1.28. The minimum atomic E-state index is -4.88. The Hall–Kier alpha value is -3.57. The minimum Gasteiger partial charge on any atom is -0.350 e. The first-order valence-corrected chi connectivity index (χ1v) is 14.4. The molecule has 0 aliphatic rings. The van der Waals surface area contributed by atoms with Crippen molar-refractivity contribution in [2.24, 2.45) is 0 Å². The van der Waals surface area contributed by atoms with Crippen LogP contribution in [0.3, 0.4) is 0 Å². The van der Waals surface area contributed by atoms with Crippen LogP contribution in [0.4, 0.5) is 18.9 Å². The number of anilines is 1. The van der Waals surface area contributed by atoms with Crippen LogP contribution in [0.2, 0.25) is 5.02 Å². The van der Waals surface area contributed by atoms with Gasteiger partial charge in [-0.3, -0.25) is 13.9 Å². The van der Waals surface area contributed by atoms with Crippen molar-refractivity contribution in [3.8, 4) is 0 Å². The molecular weight excluding hydrogens is 579 g/mol. The summed E-state index contributed by atoms with van der Waals surface area (Å²) in [6.07, 6.45) is -4.88. The number of amides is 2. The van der Waals surface area contributed by atoms with E-state index in [1.165, 1.54) is 36.1 Å². The molecule has 0 aliphatic carbocycles. The Morgan fingerprint density at radius 1 is 0.927 bits per heavy atom. The van der Waals surface area contributed by atoms with Crippen LogP contribution in [-0.4, -0.2) is 43.3 Å². The van der Waals surface area contributed by atoms with Gasteiger partial charge in [-0.2, -0.15) is 13.2 Å². The second kappa shape index (κ2) is 12.5. The Balaban J connectivity index is 2.10. The smallest absolute Gasteiger partial charge is 0.350 e. The lowest BCUT2D eigenvalue weighted by Crippen LogP contribution is -2.54. The largest absolute Gasteiger partial charge is 0.417 e. The number of benzene rings is 3. The fraction of sp³-hybridized carbons (Fsp3) is 0.310. The summed E-state index contributed by atoms with van der Waals surface area (Å²) in [5.41, 5.74) is -1.62. The quantitative estimate of drug-likeness (QED) is 0.328. The molecule has 2 amide bonds. The number of sulfonamides is 1. The average Bonchev–Trinajstić information content (AvgIpc) is 2.89. The van der Waals surface area contributed by atoms with Crippen LogP contribution in [0.25, 0.3) is 0 Å². The van der Waals surface area contributed by atoms with Gasteiger partial charge in [0.15, 0.2) is 0 Å². The van der Waals surface area contributed by atoms with Crippen molar-refractivity contribution in [3.63, 3.8) is 0 Å². The summed E-state index contributed by atoms with van der Waals surface area (Å²) in [4.78, 5) is 27.9. The molecule has 0 saturated heterocycles. The fourth-order valence-corrected chi connectivity index (χ4v) is 5.62. The zero-order chi connectivity index (χ0) is 30.6. The van der Waals surface area contributed by atoms with Gasteiger partial charge in [-0.1, -0.05) is 60.1 Å². The van der Waals surface area contributed by atoms with E-state index < -0.39 is 62.4 Å². The first kappa shape index (κ1) is 32.0. The van der Waals surface area contributed by atoms with Crippen LogP contribution in [0.15, 0.2) is 83.8 Å². The van der Waals surface area contributed by atoms with E-state index in [4.69, 9.17) is 11.6 Å². The van der Waals surface area contributed by atoms with E-state index in [2.05, 4.69) is 5.32 Å². The maximum absolute atomic E-state index is 13.9. The molecule has 0 saturated carbocycles. The van der Waals surface area contributed by atoms with Gasteiger partial charge in [0.2, 0.25) is 11.8 Å². The molecule has 1 atom stereocenters. The Kier molecular flexibility index (Phi) is 9.76. The topological polar surface area (TPSA) is 86.8 Å². The highest BCUT2D eigenvalue weighted by atomic mass is 35.5. The first-order chi connectivity index (χ1) is 19.0. The number of alkyl halides is 3. The summed E-state index contributed by atoms with van der Waals surface area (Å²) in [5, 5.41) is 2.18. The van der Waals surface area contributed by atoms with E-state index in [1.54, 1.807) is 57.2 Å². The lowest BCUT2D eigenvalue weighted by molar-refractivity contribution is -0.140. The molecule has 0 aromatic heterocycles. The summed E-state index contributed by atoms with van der Waals surface area (Å²) in [6.45, 7) is 5.89. The number of nitrogens with one attached hydrogen (secondary N) is 1. The number of hydrogen-bond donors (Lipinski definition) is 1. The van der Waals surface area contributed by atoms with Crippen molar-refractivity contribution in [3.05, 3.63) is 95.0 Å². The van der Waals surface area contributed by atoms with Gasteiger partial charge in [-0.15, -0.1) is 0 Å². The highest BCUT2D eigenvalue weighted by Crippen LogP contribution is 2.38. The fourth-order valence-electron chi connectivity index (χ4n) is 3.97. The third kappa shape index (κ3) is 8.23. The summed E-state index contributed by atoms with van der Waals surface area (Å²) >= 11 is 5.78. The van der Waals surface area contributed by atoms with Crippen LogP contribution in [0.5, 0.6) is 0 Å². The SMILES string of the molecule is C[C@@H](C(=O)NC(C)(C)C)N(Cc1ccccc1)C(=O)CN(c1ccc(Cl)c(C(F)(F)F)c1)S(=O)(=O)c1ccccc1. The monoisotopic (exact) mass is 609 g/mol. The molecule has 0 heterocycles. The molecule has 3 rings (SSSR count). The molecular formula is C29H31ClF3N3O4S. The number of nitrogens with zero attached hydrogens (tertiary/aromatic N) is 2. The normalized spacial score (nSPS) is 12.9. The Bertz CT molecular complexity index is 1480. The molecule has 0 radical (unpaired) electrons. The van der Waals surface area contributed by atoms with Gasteiger partial charge >= 0.3 is 6.18 Å². The predicted molar refractivity (Wildman–Crippen MR) is 152 cm³/mol. The van der Waals surface area contributed by atoms with Gasteiger partial charge in [-0.25, -0.2) is 8.42 Å². The molecule has 0 unspecified atom stereocenters. The maximum Gasteiger partial charge on any atom is 0.417 e. The zero-order valence-corrected chi connectivity index (χ0v) is 24.5. The van der Waals surface area contributed by atoms with Gasteiger partial charge < -0.3 is 10.2 Å². The number of halogens is 4. The summed E-state index contributed by atoms with van der Waals surface area (Å²) < 4.78 is 69.2. The first-order valence-electron chi connectivity index (χ1n) is 12.6. The van der Waals surface area contributed by atoms with Crippen molar-refractivity contribution in [2.75, 3.05) is 10.8 Å². The van der Waals surface area contributed by atoms with Crippen molar-refractivity contribution in [1.29, 1.82) is 0 Å². The third-order valence-corrected chi connectivity index (χ3v) is 8.13. The highest BCUT2D eigenvalue weighted by molar-refractivity contribution is 7.92. The van der Waals surface area contributed by atoms with Crippen molar-refractivity contribution >= 4 is 39.1 Å². The highest BCUT2D eigenvalue weighted by Gasteiger charge is 2.37. The van der Waals surface area contributed by atoms with Crippen LogP contribution < -0.4 is 9.62 Å². The van der Waals surface area contributed by atoms with E-state index in [0.29, 0.717) is 15.9 Å². The number of rotatable bonds is 9. The molecule has 0 fully saturated rings. The third-order valence-electron chi connectivity index (χ3n) is 6.01. The average molecular weight is 610 g/mol. The van der Waals surface area contributed by atoms with Gasteiger partial charge in [0, 0.05) is 12.1 Å². The van der Waals surface area contributed by atoms with E-state index >= 15 is 0 Å². The van der Waals surface area contributed by atoms with Crippen molar-refractivity contribution in [1.82, 2.24) is 10.2 Å². The van der Waals surface area contributed by atoms with Crippen LogP contribution in [-0.2, 0) is 32.3 Å².